The van der Waals surface area contributed by atoms with Crippen LogP contribution in [0.25, 0.3) is 11.1 Å². The van der Waals surface area contributed by atoms with Crippen LogP contribution in [0.4, 0.5) is 10.5 Å². The summed E-state index contributed by atoms with van der Waals surface area (Å²) in [6.45, 7) is 5.61. The predicted molar refractivity (Wildman–Crippen MR) is 148 cm³/mol. The SMILES string of the molecule is CNC(=O)Oc1ccccc1-c1ccc(CN2C(=O)[C@H](NC(=O)C(C)(C)N)CCc3cc(C)ccc32)cc1. The minimum absolute atomic E-state index is 0.168. The van der Waals surface area contributed by atoms with E-state index >= 15 is 0 Å². The maximum Gasteiger partial charge on any atom is 0.412 e. The van der Waals surface area contributed by atoms with Gasteiger partial charge in [-0.3, -0.25) is 9.59 Å². The number of hydrogen-bond donors (Lipinski definition) is 3. The molecule has 198 valence electrons. The maximum absolute atomic E-state index is 13.7. The number of rotatable bonds is 6. The molecule has 3 amide bonds. The van der Waals surface area contributed by atoms with Crippen LogP contribution < -0.4 is 26.0 Å². The molecule has 1 aliphatic rings. The van der Waals surface area contributed by atoms with E-state index in [0.29, 0.717) is 25.1 Å². The summed E-state index contributed by atoms with van der Waals surface area (Å²) >= 11 is 0. The predicted octanol–water partition coefficient (Wildman–Crippen LogP) is 4.08. The molecule has 3 aromatic rings. The second kappa shape index (κ2) is 11.1. The third kappa shape index (κ3) is 6.03. The van der Waals surface area contributed by atoms with Gasteiger partial charge in [0.05, 0.1) is 12.1 Å². The van der Waals surface area contributed by atoms with Gasteiger partial charge in [0, 0.05) is 18.3 Å². The molecule has 0 aliphatic carbocycles. The van der Waals surface area contributed by atoms with Gasteiger partial charge < -0.3 is 26.0 Å². The fraction of sp³-hybridized carbons (Fsp3) is 0.300. The molecule has 8 heteroatoms. The average Bonchev–Trinajstić information content (AvgIpc) is 3.01. The number of aryl methyl sites for hydroxylation is 2. The van der Waals surface area contributed by atoms with E-state index < -0.39 is 17.7 Å². The number of fused-ring (bicyclic) bond motifs is 1. The molecule has 0 radical (unpaired) electrons. The molecule has 1 heterocycles. The molecule has 38 heavy (non-hydrogen) atoms. The van der Waals surface area contributed by atoms with Gasteiger partial charge in [0.15, 0.2) is 0 Å². The second-order valence-corrected chi connectivity index (χ2v) is 10.2. The number of nitrogens with one attached hydrogen (secondary N) is 2. The first-order valence-corrected chi connectivity index (χ1v) is 12.7. The number of carbonyl (C=O) groups is 3. The Labute approximate surface area is 223 Å². The highest BCUT2D eigenvalue weighted by Gasteiger charge is 2.34. The van der Waals surface area contributed by atoms with Crippen molar-refractivity contribution in [1.82, 2.24) is 10.6 Å². The number of ether oxygens (including phenoxy) is 1. The van der Waals surface area contributed by atoms with E-state index in [1.807, 2.05) is 55.5 Å². The maximum atomic E-state index is 13.7. The van der Waals surface area contributed by atoms with Gasteiger partial charge >= 0.3 is 6.09 Å². The van der Waals surface area contributed by atoms with Crippen LogP contribution in [0.15, 0.2) is 66.7 Å². The third-order valence-corrected chi connectivity index (χ3v) is 6.58. The molecule has 0 aromatic heterocycles. The van der Waals surface area contributed by atoms with Crippen LogP contribution >= 0.6 is 0 Å². The van der Waals surface area contributed by atoms with E-state index in [2.05, 4.69) is 16.7 Å². The van der Waals surface area contributed by atoms with E-state index in [1.54, 1.807) is 30.9 Å². The van der Waals surface area contributed by atoms with E-state index in [1.165, 1.54) is 7.05 Å². The Balaban J connectivity index is 1.62. The Morgan fingerprint density at radius 2 is 1.79 bits per heavy atom. The van der Waals surface area contributed by atoms with E-state index in [4.69, 9.17) is 10.5 Å². The lowest BCUT2D eigenvalue weighted by Gasteiger charge is -2.28. The third-order valence-electron chi connectivity index (χ3n) is 6.58. The van der Waals surface area contributed by atoms with Crippen molar-refractivity contribution in [3.8, 4) is 16.9 Å². The number of nitrogens with zero attached hydrogens (tertiary/aromatic N) is 1. The lowest BCUT2D eigenvalue weighted by Crippen LogP contribution is -2.56. The second-order valence-electron chi connectivity index (χ2n) is 10.2. The molecule has 0 unspecified atom stereocenters. The molecule has 0 saturated heterocycles. The zero-order valence-electron chi connectivity index (χ0n) is 22.2. The quantitative estimate of drug-likeness (QED) is 0.459. The molecule has 4 rings (SSSR count). The number of benzene rings is 3. The molecule has 0 saturated carbocycles. The zero-order valence-corrected chi connectivity index (χ0v) is 22.2. The number of carbonyl (C=O) groups excluding carboxylic acids is 3. The topological polar surface area (TPSA) is 114 Å². The van der Waals surface area contributed by atoms with Crippen LogP contribution in [0.5, 0.6) is 5.75 Å². The number of anilines is 1. The van der Waals surface area contributed by atoms with Crippen molar-refractivity contribution in [2.75, 3.05) is 11.9 Å². The van der Waals surface area contributed by atoms with Gasteiger partial charge in [-0.25, -0.2) is 4.79 Å². The lowest BCUT2D eigenvalue weighted by molar-refractivity contribution is -0.130. The minimum atomic E-state index is -1.09. The normalized spacial score (nSPS) is 15.3. The van der Waals surface area contributed by atoms with Crippen molar-refractivity contribution in [2.24, 2.45) is 5.73 Å². The zero-order chi connectivity index (χ0) is 27.4. The summed E-state index contributed by atoms with van der Waals surface area (Å²) in [6, 6.07) is 20.5. The smallest absolute Gasteiger partial charge is 0.410 e. The fourth-order valence-electron chi connectivity index (χ4n) is 4.47. The van der Waals surface area contributed by atoms with Gasteiger partial charge in [-0.2, -0.15) is 0 Å². The summed E-state index contributed by atoms with van der Waals surface area (Å²) in [4.78, 5) is 39.9. The minimum Gasteiger partial charge on any atom is -0.410 e. The van der Waals surface area contributed by atoms with Gasteiger partial charge in [0.2, 0.25) is 11.8 Å². The van der Waals surface area contributed by atoms with Crippen molar-refractivity contribution in [3.63, 3.8) is 0 Å². The highest BCUT2D eigenvalue weighted by Crippen LogP contribution is 2.32. The van der Waals surface area contributed by atoms with Crippen molar-refractivity contribution in [2.45, 2.75) is 51.7 Å². The molecular weight excluding hydrogens is 480 g/mol. The summed E-state index contributed by atoms with van der Waals surface area (Å²) in [5.41, 5.74) is 10.5. The van der Waals surface area contributed by atoms with Crippen LogP contribution in [0, 0.1) is 6.92 Å². The Morgan fingerprint density at radius 3 is 2.47 bits per heavy atom. The number of amides is 3. The molecular formula is C30H34N4O4. The van der Waals surface area contributed by atoms with Crippen molar-refractivity contribution < 1.29 is 19.1 Å². The Morgan fingerprint density at radius 1 is 1.08 bits per heavy atom. The van der Waals surface area contributed by atoms with Crippen molar-refractivity contribution in [1.29, 1.82) is 0 Å². The van der Waals surface area contributed by atoms with Crippen LogP contribution in [0.3, 0.4) is 0 Å². The Hall–Kier alpha value is -4.17. The molecule has 4 N–H and O–H groups in total. The Kier molecular flexibility index (Phi) is 7.83. The summed E-state index contributed by atoms with van der Waals surface area (Å²) in [5, 5.41) is 5.33. The van der Waals surface area contributed by atoms with E-state index in [-0.39, 0.29) is 11.8 Å². The first-order valence-electron chi connectivity index (χ1n) is 12.7. The number of nitrogens with two attached hydrogens (primary N) is 1. The van der Waals surface area contributed by atoms with Crippen molar-refractivity contribution >= 4 is 23.6 Å². The van der Waals surface area contributed by atoms with Crippen LogP contribution in [-0.2, 0) is 22.6 Å². The van der Waals surface area contributed by atoms with Crippen LogP contribution in [-0.4, -0.2) is 36.5 Å². The van der Waals surface area contributed by atoms with E-state index in [9.17, 15) is 14.4 Å². The summed E-state index contributed by atoms with van der Waals surface area (Å²) in [5.74, 6) is -0.0773. The summed E-state index contributed by atoms with van der Waals surface area (Å²) in [7, 11) is 1.51. The van der Waals surface area contributed by atoms with Crippen LogP contribution in [0.2, 0.25) is 0 Å². The highest BCUT2D eigenvalue weighted by molar-refractivity contribution is 6.01. The average molecular weight is 515 g/mol. The first-order chi connectivity index (χ1) is 18.1. The highest BCUT2D eigenvalue weighted by atomic mass is 16.6. The molecule has 0 fully saturated rings. The fourth-order valence-corrected chi connectivity index (χ4v) is 4.47. The largest absolute Gasteiger partial charge is 0.412 e. The number of hydrogen-bond acceptors (Lipinski definition) is 5. The van der Waals surface area contributed by atoms with Crippen LogP contribution in [0.1, 0.15) is 37.0 Å². The molecule has 0 spiro atoms. The first kappa shape index (κ1) is 26.9. The standard InChI is InChI=1S/C30H34N4O4/c1-19-9-16-25-22(17-19)14-15-24(33-28(36)30(2,3)31)27(35)34(25)18-20-10-12-21(13-11-20)23-7-5-6-8-26(23)38-29(37)32-4/h5-13,16-17,24H,14-15,18,31H2,1-4H3,(H,32,37)(H,33,36)/t24-/m1/s1. The summed E-state index contributed by atoms with van der Waals surface area (Å²) < 4.78 is 5.40. The van der Waals surface area contributed by atoms with Gasteiger partial charge in [0.25, 0.3) is 0 Å². The van der Waals surface area contributed by atoms with Gasteiger partial charge in [0.1, 0.15) is 11.8 Å². The number of para-hydroxylation sites is 1. The molecule has 1 aliphatic heterocycles. The van der Waals surface area contributed by atoms with Crippen molar-refractivity contribution in [3.05, 3.63) is 83.4 Å². The van der Waals surface area contributed by atoms with E-state index in [0.717, 1.165) is 33.5 Å². The Bertz CT molecular complexity index is 1350. The molecule has 3 aromatic carbocycles. The monoisotopic (exact) mass is 514 g/mol. The van der Waals surface area contributed by atoms with Gasteiger partial charge in [-0.15, -0.1) is 0 Å². The molecule has 8 nitrogen and oxygen atoms in total. The van der Waals surface area contributed by atoms with Gasteiger partial charge in [-0.05, 0) is 62.4 Å². The summed E-state index contributed by atoms with van der Waals surface area (Å²) in [6.07, 6.45) is 0.618. The lowest BCUT2D eigenvalue weighted by atomic mass is 10.0. The molecule has 1 atom stereocenters. The van der Waals surface area contributed by atoms with Gasteiger partial charge in [-0.1, -0.05) is 60.2 Å². The molecule has 0 bridgehead atoms.